The summed E-state index contributed by atoms with van der Waals surface area (Å²) in [7, 11) is 0. The van der Waals surface area contributed by atoms with Crippen LogP contribution >= 0.6 is 11.6 Å². The average molecular weight is 416 g/mol. The van der Waals surface area contributed by atoms with Crippen molar-refractivity contribution in [2.45, 2.75) is 19.3 Å². The Kier molecular flexibility index (Phi) is 7.49. The molecule has 29 heavy (non-hydrogen) atoms. The molecule has 6 nitrogen and oxygen atoms in total. The van der Waals surface area contributed by atoms with Crippen LogP contribution in [-0.2, 0) is 4.79 Å². The first-order valence-electron chi connectivity index (χ1n) is 9.80. The van der Waals surface area contributed by atoms with Crippen LogP contribution in [0, 0.1) is 5.92 Å². The number of nitrogens with two attached hydrogens (primary N) is 1. The number of rotatable bonds is 8. The highest BCUT2D eigenvalue weighted by Gasteiger charge is 2.23. The number of likely N-dealkylation sites (tertiary alicyclic amines) is 1. The van der Waals surface area contributed by atoms with Crippen LogP contribution in [0.3, 0.4) is 0 Å². The third-order valence-electron chi connectivity index (χ3n) is 5.07. The summed E-state index contributed by atoms with van der Waals surface area (Å²) in [5.41, 5.74) is 7.96. The minimum atomic E-state index is -0.672. The Morgan fingerprint density at radius 2 is 1.86 bits per heavy atom. The van der Waals surface area contributed by atoms with Crippen LogP contribution in [0.15, 0.2) is 53.5 Å². The standard InChI is InChI=1S/C22H26ClN3O3/c23-21(19-4-1-2-5-20(19)24)25-17-6-8-18(9-7-17)29-15-3-12-26-13-10-16(11-14-26)22(27)28/h1-2,4-9,16H,3,10-15,24H2,(H,27,28). The number of nitrogens with zero attached hydrogens (tertiary/aromatic N) is 2. The summed E-state index contributed by atoms with van der Waals surface area (Å²) >= 11 is 6.29. The molecule has 3 N–H and O–H groups in total. The Morgan fingerprint density at radius 3 is 2.52 bits per heavy atom. The molecule has 7 heteroatoms. The molecule has 2 aromatic carbocycles. The molecular formula is C22H26ClN3O3. The number of carboxylic acid groups (broad SMARTS) is 1. The average Bonchev–Trinajstić information content (AvgIpc) is 2.73. The maximum atomic E-state index is 11.0. The zero-order valence-corrected chi connectivity index (χ0v) is 17.0. The van der Waals surface area contributed by atoms with Crippen molar-refractivity contribution in [3.05, 3.63) is 54.1 Å². The number of benzene rings is 2. The zero-order valence-electron chi connectivity index (χ0n) is 16.3. The van der Waals surface area contributed by atoms with Crippen LogP contribution in [0.4, 0.5) is 11.4 Å². The van der Waals surface area contributed by atoms with Gasteiger partial charge in [-0.25, -0.2) is 4.99 Å². The van der Waals surface area contributed by atoms with Crippen molar-refractivity contribution < 1.29 is 14.6 Å². The number of halogens is 1. The topological polar surface area (TPSA) is 88.2 Å². The minimum Gasteiger partial charge on any atom is -0.494 e. The predicted octanol–water partition coefficient (Wildman–Crippen LogP) is 4.15. The zero-order chi connectivity index (χ0) is 20.6. The van der Waals surface area contributed by atoms with Crippen molar-refractivity contribution in [3.63, 3.8) is 0 Å². The highest BCUT2D eigenvalue weighted by molar-refractivity contribution is 6.70. The molecule has 0 aromatic heterocycles. The maximum absolute atomic E-state index is 11.0. The van der Waals surface area contributed by atoms with E-state index < -0.39 is 5.97 Å². The van der Waals surface area contributed by atoms with Gasteiger partial charge in [0.1, 0.15) is 10.9 Å². The molecule has 3 rings (SSSR count). The van der Waals surface area contributed by atoms with Gasteiger partial charge < -0.3 is 20.5 Å². The number of carboxylic acids is 1. The smallest absolute Gasteiger partial charge is 0.306 e. The number of para-hydroxylation sites is 1. The van der Waals surface area contributed by atoms with Gasteiger partial charge in [0.2, 0.25) is 0 Å². The van der Waals surface area contributed by atoms with Gasteiger partial charge in [0, 0.05) is 17.8 Å². The summed E-state index contributed by atoms with van der Waals surface area (Å²) in [6.07, 6.45) is 2.36. The molecule has 154 valence electrons. The normalized spacial score (nSPS) is 16.0. The quantitative estimate of drug-likeness (QED) is 0.384. The number of hydrogen-bond acceptors (Lipinski definition) is 5. The molecule has 1 aliphatic heterocycles. The third kappa shape index (κ3) is 6.21. The van der Waals surface area contributed by atoms with E-state index in [1.807, 2.05) is 42.5 Å². The lowest BCUT2D eigenvalue weighted by Crippen LogP contribution is -2.37. The molecule has 1 saturated heterocycles. The van der Waals surface area contributed by atoms with E-state index in [0.29, 0.717) is 23.0 Å². The van der Waals surface area contributed by atoms with Gasteiger partial charge in [-0.1, -0.05) is 23.7 Å². The molecule has 0 atom stereocenters. The molecule has 0 aliphatic carbocycles. The summed E-state index contributed by atoms with van der Waals surface area (Å²) in [4.78, 5) is 17.7. The Morgan fingerprint density at radius 1 is 1.17 bits per heavy atom. The number of anilines is 1. The van der Waals surface area contributed by atoms with Crippen LogP contribution in [-0.4, -0.2) is 47.4 Å². The first-order valence-corrected chi connectivity index (χ1v) is 10.2. The van der Waals surface area contributed by atoms with Gasteiger partial charge in [0.15, 0.2) is 0 Å². The second-order valence-electron chi connectivity index (χ2n) is 7.14. The third-order valence-corrected chi connectivity index (χ3v) is 5.36. The number of aliphatic imine (C=N–C) groups is 1. The molecular weight excluding hydrogens is 390 g/mol. The van der Waals surface area contributed by atoms with Crippen molar-refractivity contribution in [1.82, 2.24) is 4.90 Å². The number of carbonyl (C=O) groups is 1. The van der Waals surface area contributed by atoms with Gasteiger partial charge in [-0.05, 0) is 68.8 Å². The molecule has 1 fully saturated rings. The second kappa shape index (κ2) is 10.3. The number of ether oxygens (including phenoxy) is 1. The van der Waals surface area contributed by atoms with E-state index in [4.69, 9.17) is 27.2 Å². The van der Waals surface area contributed by atoms with Crippen LogP contribution in [0.25, 0.3) is 0 Å². The largest absolute Gasteiger partial charge is 0.494 e. The van der Waals surface area contributed by atoms with Crippen molar-refractivity contribution in [2.24, 2.45) is 10.9 Å². The van der Waals surface area contributed by atoms with Gasteiger partial charge in [-0.2, -0.15) is 0 Å². The van der Waals surface area contributed by atoms with Crippen LogP contribution in [0.5, 0.6) is 5.75 Å². The second-order valence-corrected chi connectivity index (χ2v) is 7.50. The van der Waals surface area contributed by atoms with Gasteiger partial charge in [-0.3, -0.25) is 4.79 Å². The van der Waals surface area contributed by atoms with Crippen molar-refractivity contribution in [3.8, 4) is 5.75 Å². The Bertz CT molecular complexity index is 847. The highest BCUT2D eigenvalue weighted by atomic mass is 35.5. The van der Waals surface area contributed by atoms with Crippen molar-refractivity contribution in [2.75, 3.05) is 32.0 Å². The molecule has 0 unspecified atom stereocenters. The lowest BCUT2D eigenvalue weighted by molar-refractivity contribution is -0.143. The molecule has 0 radical (unpaired) electrons. The number of aliphatic carboxylic acids is 1. The van der Waals surface area contributed by atoms with Crippen LogP contribution in [0.2, 0.25) is 0 Å². The fourth-order valence-electron chi connectivity index (χ4n) is 3.36. The summed E-state index contributed by atoms with van der Waals surface area (Å²) < 4.78 is 5.80. The Hall–Kier alpha value is -2.57. The molecule has 0 spiro atoms. The van der Waals surface area contributed by atoms with Crippen molar-refractivity contribution in [1.29, 1.82) is 0 Å². The molecule has 0 amide bonds. The van der Waals surface area contributed by atoms with Crippen LogP contribution in [0.1, 0.15) is 24.8 Å². The maximum Gasteiger partial charge on any atom is 0.306 e. The fourth-order valence-corrected chi connectivity index (χ4v) is 3.63. The summed E-state index contributed by atoms with van der Waals surface area (Å²) in [5.74, 6) is -0.0753. The SMILES string of the molecule is Nc1ccccc1C(Cl)=Nc1ccc(OCCCN2CCC(C(=O)O)CC2)cc1. The van der Waals surface area contributed by atoms with E-state index in [9.17, 15) is 4.79 Å². The fraction of sp³-hybridized carbons (Fsp3) is 0.364. The monoisotopic (exact) mass is 415 g/mol. The van der Waals surface area contributed by atoms with Crippen LogP contribution < -0.4 is 10.5 Å². The molecule has 1 aliphatic rings. The van der Waals surface area contributed by atoms with E-state index >= 15 is 0 Å². The lowest BCUT2D eigenvalue weighted by Gasteiger charge is -2.29. The highest BCUT2D eigenvalue weighted by Crippen LogP contribution is 2.22. The van der Waals surface area contributed by atoms with Gasteiger partial charge in [0.05, 0.1) is 18.2 Å². The van der Waals surface area contributed by atoms with Crippen molar-refractivity contribution >= 4 is 34.1 Å². The number of piperidine rings is 1. The first kappa shape index (κ1) is 21.1. The Balaban J connectivity index is 1.42. The van der Waals surface area contributed by atoms with Gasteiger partial charge >= 0.3 is 5.97 Å². The van der Waals surface area contributed by atoms with E-state index in [-0.39, 0.29) is 5.92 Å². The van der Waals surface area contributed by atoms with E-state index in [1.165, 1.54) is 0 Å². The molecule has 0 bridgehead atoms. The van der Waals surface area contributed by atoms with Gasteiger partial charge in [0.25, 0.3) is 0 Å². The Labute approximate surface area is 175 Å². The molecule has 2 aromatic rings. The number of hydrogen-bond donors (Lipinski definition) is 2. The molecule has 1 heterocycles. The summed E-state index contributed by atoms with van der Waals surface area (Å²) in [6.45, 7) is 3.22. The first-order chi connectivity index (χ1) is 14.0. The van der Waals surface area contributed by atoms with Gasteiger partial charge in [-0.15, -0.1) is 0 Å². The van der Waals surface area contributed by atoms with E-state index in [0.717, 1.165) is 50.3 Å². The number of nitrogen functional groups attached to an aromatic ring is 1. The minimum absolute atomic E-state index is 0.185. The summed E-state index contributed by atoms with van der Waals surface area (Å²) in [6, 6.07) is 14.8. The lowest BCUT2D eigenvalue weighted by atomic mass is 9.97. The van der Waals surface area contributed by atoms with E-state index in [2.05, 4.69) is 9.89 Å². The predicted molar refractivity (Wildman–Crippen MR) is 116 cm³/mol. The summed E-state index contributed by atoms with van der Waals surface area (Å²) in [5, 5.41) is 9.39. The van der Waals surface area contributed by atoms with E-state index in [1.54, 1.807) is 6.07 Å². The molecule has 0 saturated carbocycles.